The quantitative estimate of drug-likeness (QED) is 0.331. The van der Waals surface area contributed by atoms with Crippen molar-refractivity contribution in [1.82, 2.24) is 0 Å². The first-order valence-electron chi connectivity index (χ1n) is 10.0. The van der Waals surface area contributed by atoms with Crippen LogP contribution in [0.3, 0.4) is 0 Å². The summed E-state index contributed by atoms with van der Waals surface area (Å²) in [5, 5.41) is 3.76. The van der Waals surface area contributed by atoms with Gasteiger partial charge < -0.3 is 0 Å². The first-order chi connectivity index (χ1) is 14.7. The summed E-state index contributed by atoms with van der Waals surface area (Å²) >= 11 is 0. The van der Waals surface area contributed by atoms with Crippen molar-refractivity contribution in [1.29, 1.82) is 0 Å². The predicted molar refractivity (Wildman–Crippen MR) is 130 cm³/mol. The van der Waals surface area contributed by atoms with E-state index in [-0.39, 0.29) is 5.75 Å². The van der Waals surface area contributed by atoms with Crippen LogP contribution in [0, 0.1) is 0 Å². The van der Waals surface area contributed by atoms with E-state index in [1.165, 1.54) is 15.9 Å². The summed E-state index contributed by atoms with van der Waals surface area (Å²) in [7, 11) is -10.6. The molecule has 0 saturated heterocycles. The second-order valence-electron chi connectivity index (χ2n) is 7.49. The van der Waals surface area contributed by atoms with E-state index in [9.17, 15) is 16.8 Å². The molecule has 0 fully saturated rings. The monoisotopic (exact) mass is 478 g/mol. The zero-order valence-electron chi connectivity index (χ0n) is 17.3. The van der Waals surface area contributed by atoms with E-state index >= 15 is 0 Å². The molecule has 0 aliphatic heterocycles. The van der Waals surface area contributed by atoms with Gasteiger partial charge in [0.15, 0.2) is 0 Å². The molecule has 0 unspecified atom stereocenters. The van der Waals surface area contributed by atoms with Crippen molar-refractivity contribution in [3.8, 4) is 0 Å². The van der Waals surface area contributed by atoms with Gasteiger partial charge in [-0.2, -0.15) is 0 Å². The van der Waals surface area contributed by atoms with E-state index in [0.717, 1.165) is 12.4 Å². The molecule has 3 aromatic carbocycles. The molecule has 0 saturated carbocycles. The Labute approximate surface area is 185 Å². The number of hydrogen-bond acceptors (Lipinski definition) is 5. The molecule has 0 heterocycles. The molecule has 5 nitrogen and oxygen atoms in total. The Kier molecular flexibility index (Phi) is 7.65. The summed E-state index contributed by atoms with van der Waals surface area (Å²) in [5.74, 6) is -0.330. The van der Waals surface area contributed by atoms with Crippen LogP contribution in [0.5, 0.6) is 0 Å². The molecule has 0 aliphatic rings. The van der Waals surface area contributed by atoms with Crippen molar-refractivity contribution in [2.45, 2.75) is 12.8 Å². The Balaban J connectivity index is 1.95. The van der Waals surface area contributed by atoms with Crippen molar-refractivity contribution < 1.29 is 20.5 Å². The SMILES string of the molecule is CS(=O)(=O)OS(=O)(=O)CCCC[PH](c1ccccc1)(c1ccccc1)c1ccccc1. The third kappa shape index (κ3) is 6.23. The molecule has 0 amide bonds. The van der Waals surface area contributed by atoms with Crippen LogP contribution in [0.15, 0.2) is 91.0 Å². The molecule has 0 spiro atoms. The predicted octanol–water partition coefficient (Wildman–Crippen LogP) is 2.80. The molecule has 8 heteroatoms. The van der Waals surface area contributed by atoms with Gasteiger partial charge in [0.25, 0.3) is 0 Å². The van der Waals surface area contributed by atoms with E-state index in [0.29, 0.717) is 12.8 Å². The van der Waals surface area contributed by atoms with E-state index in [1.54, 1.807) is 0 Å². The van der Waals surface area contributed by atoms with Gasteiger partial charge in [0.2, 0.25) is 0 Å². The zero-order chi connectivity index (χ0) is 22.4. The third-order valence-electron chi connectivity index (χ3n) is 5.22. The van der Waals surface area contributed by atoms with Crippen LogP contribution >= 0.6 is 7.26 Å². The average Bonchev–Trinajstić information content (AvgIpc) is 2.74. The van der Waals surface area contributed by atoms with Crippen LogP contribution in [0.4, 0.5) is 0 Å². The van der Waals surface area contributed by atoms with Gasteiger partial charge in [-0.05, 0) is 0 Å². The normalized spacial score (nSPS) is 13.1. The average molecular weight is 479 g/mol. The molecule has 0 bridgehead atoms. The van der Waals surface area contributed by atoms with Crippen LogP contribution in [-0.4, -0.2) is 35.0 Å². The topological polar surface area (TPSA) is 77.5 Å². The number of benzene rings is 3. The molecule has 0 N–H and O–H groups in total. The molecule has 0 aromatic heterocycles. The summed E-state index contributed by atoms with van der Waals surface area (Å²) < 4.78 is 50.6. The van der Waals surface area contributed by atoms with Gasteiger partial charge in [0.1, 0.15) is 0 Å². The Bertz CT molecular complexity index is 1080. The number of unbranched alkanes of at least 4 members (excludes halogenated alkanes) is 1. The summed E-state index contributed by atoms with van der Waals surface area (Å²) in [6.07, 6.45) is 2.47. The van der Waals surface area contributed by atoms with Crippen LogP contribution in [-0.2, 0) is 23.9 Å². The molecule has 0 radical (unpaired) electrons. The van der Waals surface area contributed by atoms with E-state index < -0.39 is 27.5 Å². The minimum atomic E-state index is -4.12. The molecule has 166 valence electrons. The maximum absolute atomic E-state index is 12.0. The Morgan fingerprint density at radius 3 is 1.39 bits per heavy atom. The van der Waals surface area contributed by atoms with Crippen LogP contribution in [0.25, 0.3) is 0 Å². The number of rotatable bonds is 10. The van der Waals surface area contributed by atoms with E-state index in [4.69, 9.17) is 0 Å². The minimum absolute atomic E-state index is 0.319. The summed E-state index contributed by atoms with van der Waals surface area (Å²) in [6, 6.07) is 31.1. The van der Waals surface area contributed by atoms with Gasteiger partial charge in [-0.3, -0.25) is 0 Å². The molecule has 3 aromatic rings. The Hall–Kier alpha value is -2.05. The third-order valence-corrected chi connectivity index (χ3v) is 12.9. The Morgan fingerprint density at radius 2 is 1.03 bits per heavy atom. The fraction of sp³-hybridized carbons (Fsp3) is 0.217. The molecule has 31 heavy (non-hydrogen) atoms. The van der Waals surface area contributed by atoms with E-state index in [1.807, 2.05) is 54.6 Å². The van der Waals surface area contributed by atoms with Gasteiger partial charge in [-0.1, -0.05) is 0 Å². The first-order valence-corrected chi connectivity index (χ1v) is 15.6. The van der Waals surface area contributed by atoms with Crippen molar-refractivity contribution in [2.24, 2.45) is 0 Å². The number of hydrogen-bond donors (Lipinski definition) is 0. The van der Waals surface area contributed by atoms with Gasteiger partial charge in [0, 0.05) is 0 Å². The van der Waals surface area contributed by atoms with Gasteiger partial charge in [-0.15, -0.1) is 0 Å². The summed E-state index contributed by atoms with van der Waals surface area (Å²) in [4.78, 5) is 0. The second kappa shape index (κ2) is 10.0. The molecular weight excluding hydrogens is 451 g/mol. The molecule has 3 rings (SSSR count). The maximum atomic E-state index is 12.0. The molecule has 0 aliphatic carbocycles. The zero-order valence-corrected chi connectivity index (χ0v) is 20.0. The second-order valence-corrected chi connectivity index (χ2v) is 15.0. The summed E-state index contributed by atoms with van der Waals surface area (Å²) in [6.45, 7) is 0. The fourth-order valence-corrected chi connectivity index (χ4v) is 11.3. The summed E-state index contributed by atoms with van der Waals surface area (Å²) in [5.41, 5.74) is 0. The van der Waals surface area contributed by atoms with Crippen LogP contribution in [0.2, 0.25) is 0 Å². The van der Waals surface area contributed by atoms with Crippen molar-refractivity contribution in [3.63, 3.8) is 0 Å². The Morgan fingerprint density at radius 1 is 0.645 bits per heavy atom. The fourth-order valence-electron chi connectivity index (χ4n) is 3.99. The standard InChI is InChI=1S/C23H27O5PS2/c1-30(24,25)28-31(26,27)20-12-11-19-29(21-13-5-2-6-14-21,22-15-7-3-8-16-22)23-17-9-4-10-18-23/h2-10,13-18,29H,11-12,19-20H2,1H3. The van der Waals surface area contributed by atoms with Gasteiger partial charge in [-0.25, -0.2) is 0 Å². The van der Waals surface area contributed by atoms with Crippen LogP contribution < -0.4 is 15.9 Å². The first kappa shape index (κ1) is 23.6. The molecular formula is C23H27O5PS2. The van der Waals surface area contributed by atoms with Gasteiger partial charge >= 0.3 is 186 Å². The van der Waals surface area contributed by atoms with E-state index in [2.05, 4.69) is 40.0 Å². The van der Waals surface area contributed by atoms with Crippen LogP contribution in [0.1, 0.15) is 12.8 Å². The van der Waals surface area contributed by atoms with Crippen molar-refractivity contribution in [2.75, 3.05) is 18.2 Å². The molecule has 0 atom stereocenters. The van der Waals surface area contributed by atoms with Crippen molar-refractivity contribution in [3.05, 3.63) is 91.0 Å². The van der Waals surface area contributed by atoms with Crippen molar-refractivity contribution >= 4 is 43.4 Å². The van der Waals surface area contributed by atoms with Gasteiger partial charge in [0.05, 0.1) is 0 Å².